The molecule has 1 aliphatic heterocycles. The van der Waals surface area contributed by atoms with E-state index in [0.717, 1.165) is 33.8 Å². The topological polar surface area (TPSA) is 75.0 Å². The minimum Gasteiger partial charge on any atom is -0.489 e. The highest BCUT2D eigenvalue weighted by atomic mass is 16.5. The van der Waals surface area contributed by atoms with Crippen LogP contribution in [0.4, 0.5) is 4.79 Å². The molecule has 2 amide bonds. The molecule has 0 saturated carbocycles. The third-order valence-electron chi connectivity index (χ3n) is 8.11. The number of amides is 2. The number of aromatic nitrogens is 1. The van der Waals surface area contributed by atoms with Gasteiger partial charge < -0.3 is 24.2 Å². The summed E-state index contributed by atoms with van der Waals surface area (Å²) >= 11 is 0. The Balaban J connectivity index is 1.39. The molecule has 0 bridgehead atoms. The monoisotopic (exact) mass is 585 g/mol. The average Bonchev–Trinajstić information content (AvgIpc) is 3.42. The first-order chi connectivity index (χ1) is 21.5. The Kier molecular flexibility index (Phi) is 8.46. The van der Waals surface area contributed by atoms with Crippen molar-refractivity contribution in [3.05, 3.63) is 144 Å². The highest BCUT2D eigenvalue weighted by Gasteiger charge is 2.35. The molecule has 1 aliphatic rings. The quantitative estimate of drug-likeness (QED) is 0.211. The molecule has 1 fully saturated rings. The zero-order chi connectivity index (χ0) is 30.5. The number of hydrogen-bond donors (Lipinski definition) is 1. The molecule has 222 valence electrons. The molecule has 7 nitrogen and oxygen atoms in total. The maximum Gasteiger partial charge on any atom is 0.407 e. The fourth-order valence-electron chi connectivity index (χ4n) is 5.98. The van der Waals surface area contributed by atoms with Crippen LogP contribution in [0.15, 0.2) is 121 Å². The van der Waals surface area contributed by atoms with Gasteiger partial charge in [-0.2, -0.15) is 0 Å². The lowest BCUT2D eigenvalue weighted by Crippen LogP contribution is -2.57. The van der Waals surface area contributed by atoms with Gasteiger partial charge in [0.25, 0.3) is 5.91 Å². The lowest BCUT2D eigenvalue weighted by Gasteiger charge is -2.40. The number of ether oxygens (including phenoxy) is 1. The number of carbonyl (C=O) groups excluding carboxylic acids is 1. The normalized spacial score (nSPS) is 14.8. The van der Waals surface area contributed by atoms with Gasteiger partial charge in [-0.25, -0.2) is 4.79 Å². The molecule has 2 heterocycles. The first kappa shape index (κ1) is 28.8. The fourth-order valence-corrected chi connectivity index (χ4v) is 5.98. The Labute approximate surface area is 257 Å². The van der Waals surface area contributed by atoms with Gasteiger partial charge in [0.1, 0.15) is 12.4 Å². The highest BCUT2D eigenvalue weighted by molar-refractivity contribution is 6.01. The first-order valence-corrected chi connectivity index (χ1v) is 14.9. The van der Waals surface area contributed by atoms with Gasteiger partial charge in [-0.15, -0.1) is 0 Å². The average molecular weight is 586 g/mol. The standard InChI is InChI=1S/C37H35N3O4/c1-27-22-34(36(41)39-21-20-38(37(42)43)25-32(39)23-28-12-5-2-6-13-28)35(40(27)31-17-9-4-10-18-31)30-16-11-19-33(24-30)44-26-29-14-7-3-8-15-29/h2-19,22,24,32H,20-21,23,25-26H2,1H3,(H,42,43)/t32-/m1/s1. The molecule has 0 aliphatic carbocycles. The summed E-state index contributed by atoms with van der Waals surface area (Å²) in [5, 5.41) is 9.77. The largest absolute Gasteiger partial charge is 0.489 e. The van der Waals surface area contributed by atoms with Crippen LogP contribution in [0.1, 0.15) is 27.2 Å². The summed E-state index contributed by atoms with van der Waals surface area (Å²) in [5.74, 6) is 0.597. The number of nitrogens with zero attached hydrogens (tertiary/aromatic N) is 3. The molecule has 4 aromatic carbocycles. The molecule has 1 N–H and O–H groups in total. The van der Waals surface area contributed by atoms with Crippen LogP contribution in [0.2, 0.25) is 0 Å². The molecule has 6 rings (SSSR count). The van der Waals surface area contributed by atoms with Gasteiger partial charge in [0, 0.05) is 36.6 Å². The van der Waals surface area contributed by atoms with Crippen LogP contribution >= 0.6 is 0 Å². The number of carbonyl (C=O) groups is 2. The van der Waals surface area contributed by atoms with E-state index in [4.69, 9.17) is 4.74 Å². The number of hydrogen-bond acceptors (Lipinski definition) is 3. The minimum absolute atomic E-state index is 0.112. The Morgan fingerprint density at radius 2 is 1.45 bits per heavy atom. The SMILES string of the molecule is Cc1cc(C(=O)N2CCN(C(=O)O)C[C@H]2Cc2ccccc2)c(-c2cccc(OCc3ccccc3)c2)n1-c1ccccc1. The molecule has 1 saturated heterocycles. The van der Waals surface area contributed by atoms with Gasteiger partial charge in [0.05, 0.1) is 17.3 Å². The second kappa shape index (κ2) is 12.9. The second-order valence-electron chi connectivity index (χ2n) is 11.1. The molecular formula is C37H35N3O4. The predicted molar refractivity (Wildman–Crippen MR) is 171 cm³/mol. The number of carboxylic acid groups (broad SMARTS) is 1. The summed E-state index contributed by atoms with van der Waals surface area (Å²) < 4.78 is 8.29. The summed E-state index contributed by atoms with van der Waals surface area (Å²) in [4.78, 5) is 29.8. The van der Waals surface area contributed by atoms with Crippen molar-refractivity contribution in [3.63, 3.8) is 0 Å². The van der Waals surface area contributed by atoms with E-state index in [1.807, 2.05) is 133 Å². The molecule has 5 aromatic rings. The summed E-state index contributed by atoms with van der Waals surface area (Å²) in [5.41, 5.74) is 6.22. The molecule has 0 radical (unpaired) electrons. The van der Waals surface area contributed by atoms with E-state index in [-0.39, 0.29) is 25.0 Å². The maximum atomic E-state index is 14.6. The van der Waals surface area contributed by atoms with Crippen molar-refractivity contribution >= 4 is 12.0 Å². The lowest BCUT2D eigenvalue weighted by molar-refractivity contribution is 0.0451. The summed E-state index contributed by atoms with van der Waals surface area (Å²) in [6.45, 7) is 3.28. The van der Waals surface area contributed by atoms with Gasteiger partial charge in [-0.05, 0) is 54.8 Å². The van der Waals surface area contributed by atoms with E-state index < -0.39 is 6.09 Å². The third kappa shape index (κ3) is 6.22. The van der Waals surface area contributed by atoms with Crippen molar-refractivity contribution in [1.29, 1.82) is 0 Å². The smallest absolute Gasteiger partial charge is 0.407 e. The van der Waals surface area contributed by atoms with Gasteiger partial charge in [-0.1, -0.05) is 91.0 Å². The number of aryl methyl sites for hydroxylation is 1. The molecule has 0 unspecified atom stereocenters. The van der Waals surface area contributed by atoms with Gasteiger partial charge >= 0.3 is 6.09 Å². The van der Waals surface area contributed by atoms with E-state index in [0.29, 0.717) is 30.9 Å². The Morgan fingerprint density at radius 3 is 2.14 bits per heavy atom. The van der Waals surface area contributed by atoms with Crippen molar-refractivity contribution < 1.29 is 19.4 Å². The van der Waals surface area contributed by atoms with Crippen molar-refractivity contribution in [3.8, 4) is 22.7 Å². The maximum absolute atomic E-state index is 14.6. The highest BCUT2D eigenvalue weighted by Crippen LogP contribution is 2.34. The van der Waals surface area contributed by atoms with Crippen molar-refractivity contribution in [1.82, 2.24) is 14.4 Å². The van der Waals surface area contributed by atoms with Crippen LogP contribution in [0.5, 0.6) is 5.75 Å². The van der Waals surface area contributed by atoms with E-state index >= 15 is 0 Å². The number of benzene rings is 4. The van der Waals surface area contributed by atoms with Crippen LogP contribution in [0.3, 0.4) is 0 Å². The number of para-hydroxylation sites is 1. The molecule has 44 heavy (non-hydrogen) atoms. The fraction of sp³-hybridized carbons (Fsp3) is 0.189. The minimum atomic E-state index is -0.964. The van der Waals surface area contributed by atoms with Crippen molar-refractivity contribution in [2.75, 3.05) is 19.6 Å². The molecular weight excluding hydrogens is 550 g/mol. The number of piperazine rings is 1. The van der Waals surface area contributed by atoms with Crippen LogP contribution in [0, 0.1) is 6.92 Å². The van der Waals surface area contributed by atoms with Gasteiger partial charge in [0.2, 0.25) is 0 Å². The third-order valence-corrected chi connectivity index (χ3v) is 8.11. The van der Waals surface area contributed by atoms with Crippen LogP contribution in [0.25, 0.3) is 16.9 Å². The lowest BCUT2D eigenvalue weighted by atomic mass is 10.00. The van der Waals surface area contributed by atoms with E-state index in [2.05, 4.69) is 4.57 Å². The molecule has 1 aromatic heterocycles. The molecule has 1 atom stereocenters. The summed E-state index contributed by atoms with van der Waals surface area (Å²) in [6.07, 6.45) is -0.401. The van der Waals surface area contributed by atoms with E-state index in [9.17, 15) is 14.7 Å². The zero-order valence-corrected chi connectivity index (χ0v) is 24.7. The van der Waals surface area contributed by atoms with Crippen LogP contribution < -0.4 is 4.74 Å². The number of rotatable bonds is 8. The first-order valence-electron chi connectivity index (χ1n) is 14.9. The summed E-state index contributed by atoms with van der Waals surface area (Å²) in [6, 6.07) is 39.5. The van der Waals surface area contributed by atoms with E-state index in [1.54, 1.807) is 0 Å². The Bertz CT molecular complexity index is 1740. The molecule has 0 spiro atoms. The second-order valence-corrected chi connectivity index (χ2v) is 11.1. The van der Waals surface area contributed by atoms with Gasteiger partial charge in [0.15, 0.2) is 0 Å². The van der Waals surface area contributed by atoms with Crippen molar-refractivity contribution in [2.24, 2.45) is 0 Å². The predicted octanol–water partition coefficient (Wildman–Crippen LogP) is 7.08. The van der Waals surface area contributed by atoms with E-state index in [1.165, 1.54) is 4.90 Å². The summed E-state index contributed by atoms with van der Waals surface area (Å²) in [7, 11) is 0. The van der Waals surface area contributed by atoms with Gasteiger partial charge in [-0.3, -0.25) is 4.79 Å². The van der Waals surface area contributed by atoms with Crippen LogP contribution in [-0.4, -0.2) is 57.1 Å². The van der Waals surface area contributed by atoms with Crippen LogP contribution in [-0.2, 0) is 13.0 Å². The zero-order valence-electron chi connectivity index (χ0n) is 24.7. The Hall–Kier alpha value is -5.30. The Morgan fingerprint density at radius 1 is 0.795 bits per heavy atom. The van der Waals surface area contributed by atoms with Crippen molar-refractivity contribution in [2.45, 2.75) is 26.0 Å². The molecule has 7 heteroatoms.